The van der Waals surface area contributed by atoms with E-state index >= 15 is 0 Å². The Balaban J connectivity index is 3.99. The van der Waals surface area contributed by atoms with Crippen LogP contribution in [0.2, 0.25) is 0 Å². The van der Waals surface area contributed by atoms with Gasteiger partial charge in [0.2, 0.25) is 0 Å². The first-order chi connectivity index (χ1) is 48.0. The third-order valence-corrected chi connectivity index (χ3v) is 18.6. The van der Waals surface area contributed by atoms with Crippen molar-refractivity contribution in [1.82, 2.24) is 0 Å². The van der Waals surface area contributed by atoms with E-state index in [4.69, 9.17) is 18.5 Å². The third kappa shape index (κ3) is 81.1. The Bertz CT molecular complexity index is 2120. The number of hydrogen-bond donors (Lipinski definition) is 1. The molecule has 0 rings (SSSR count). The van der Waals surface area contributed by atoms with Crippen molar-refractivity contribution in [1.29, 1.82) is 0 Å². The molecule has 0 bridgehead atoms. The van der Waals surface area contributed by atoms with E-state index in [-0.39, 0.29) is 32.0 Å². The number of phosphoric ester groups is 1. The van der Waals surface area contributed by atoms with Crippen molar-refractivity contribution in [3.05, 3.63) is 134 Å². The molecule has 0 heterocycles. The molecular weight excluding hydrogens is 1230 g/mol. The molecule has 2 unspecified atom stereocenters. The molecule has 0 spiro atoms. The van der Waals surface area contributed by atoms with Crippen LogP contribution >= 0.6 is 7.82 Å². The molecule has 10 heteroatoms. The first kappa shape index (κ1) is 94.2. The van der Waals surface area contributed by atoms with E-state index in [0.717, 1.165) is 109 Å². The number of unbranched alkanes of at least 4 members (excludes halogenated alkanes) is 39. The molecule has 0 aliphatic rings. The Hall–Kier alpha value is -3.85. The van der Waals surface area contributed by atoms with E-state index in [1.54, 1.807) is 0 Å². The van der Waals surface area contributed by atoms with Gasteiger partial charge in [-0.3, -0.25) is 18.6 Å². The van der Waals surface area contributed by atoms with Crippen LogP contribution in [-0.2, 0) is 32.7 Å². The fourth-order valence-electron chi connectivity index (χ4n) is 11.5. The lowest BCUT2D eigenvalue weighted by Crippen LogP contribution is -2.37. The summed E-state index contributed by atoms with van der Waals surface area (Å²) in [6.07, 6.45) is 113. The zero-order chi connectivity index (χ0) is 71.1. The first-order valence-corrected chi connectivity index (χ1v) is 42.4. The fourth-order valence-corrected chi connectivity index (χ4v) is 12.2. The second-order valence-corrected chi connectivity index (χ2v) is 29.9. The summed E-state index contributed by atoms with van der Waals surface area (Å²) < 4.78 is 34.8. The Morgan fingerprint density at radius 3 is 0.867 bits per heavy atom. The number of phosphoric acid groups is 1. The number of rotatable bonds is 75. The third-order valence-electron chi connectivity index (χ3n) is 17.7. The van der Waals surface area contributed by atoms with Gasteiger partial charge >= 0.3 is 19.8 Å². The summed E-state index contributed by atoms with van der Waals surface area (Å²) >= 11 is 0. The van der Waals surface area contributed by atoms with Gasteiger partial charge in [-0.1, -0.05) is 366 Å². The molecule has 0 radical (unpaired) electrons. The van der Waals surface area contributed by atoms with Crippen LogP contribution < -0.4 is 0 Å². The molecule has 0 aliphatic carbocycles. The van der Waals surface area contributed by atoms with Gasteiger partial charge in [-0.15, -0.1) is 0 Å². The van der Waals surface area contributed by atoms with E-state index in [2.05, 4.69) is 148 Å². The molecule has 0 saturated heterocycles. The van der Waals surface area contributed by atoms with Crippen molar-refractivity contribution in [3.8, 4) is 0 Å². The largest absolute Gasteiger partial charge is 0.472 e. The standard InChI is InChI=1S/C88H154NO8P/c1-6-8-10-12-14-16-18-20-22-24-26-28-30-32-34-36-38-40-42-43-44-45-47-49-51-53-55-57-59-61-63-65-67-69-71-73-75-77-79-81-88(91)97-86(85-96-98(92,93)95-83-82-89(3,4)5)84-94-87(90)80-78-76-74-72-70-68-66-64-62-60-58-56-54-52-50-48-46-41-39-37-35-33-31-29-27-25-23-21-19-17-15-13-11-9-7-2/h8,10,14,16,19-22,25-28,32,34,38,40,43-44,47,49,53,55,86H,6-7,9,11-13,15,17-18,23-24,29-31,33,35-37,39,41-42,45-46,48,50-52,54,56-85H2,1-5H3/p+1/b10-8-,16-14-,21-19-,22-20-,27-25-,28-26-,34-32-,40-38-,44-43-,49-47-,55-53-. The van der Waals surface area contributed by atoms with Gasteiger partial charge in [-0.2, -0.15) is 0 Å². The lowest BCUT2D eigenvalue weighted by atomic mass is 10.0. The van der Waals surface area contributed by atoms with Crippen LogP contribution in [0.15, 0.2) is 134 Å². The summed E-state index contributed by atoms with van der Waals surface area (Å²) in [6.45, 7) is 4.34. The van der Waals surface area contributed by atoms with Crippen LogP contribution in [0.3, 0.4) is 0 Å². The predicted molar refractivity (Wildman–Crippen MR) is 427 cm³/mol. The monoisotopic (exact) mass is 1390 g/mol. The average Bonchev–Trinajstić information content (AvgIpc) is 1.23. The normalized spacial score (nSPS) is 13.7. The quantitative estimate of drug-likeness (QED) is 0.0211. The predicted octanol–water partition coefficient (Wildman–Crippen LogP) is 27.5. The van der Waals surface area contributed by atoms with Crippen LogP contribution in [0.1, 0.15) is 361 Å². The number of quaternary nitrogens is 1. The number of esters is 2. The van der Waals surface area contributed by atoms with Crippen molar-refractivity contribution < 1.29 is 42.1 Å². The molecule has 2 atom stereocenters. The maximum atomic E-state index is 12.9. The zero-order valence-corrected chi connectivity index (χ0v) is 65.4. The number of carbonyl (C=O) groups excluding carboxylic acids is 2. The maximum absolute atomic E-state index is 12.9. The summed E-state index contributed by atoms with van der Waals surface area (Å²) in [7, 11) is 1.48. The van der Waals surface area contributed by atoms with Crippen LogP contribution in [0.25, 0.3) is 0 Å². The number of likely N-dealkylation sites (N-methyl/N-ethyl adjacent to an activating group) is 1. The molecule has 0 amide bonds. The van der Waals surface area contributed by atoms with E-state index in [9.17, 15) is 19.0 Å². The van der Waals surface area contributed by atoms with Gasteiger partial charge in [0.25, 0.3) is 0 Å². The van der Waals surface area contributed by atoms with Crippen LogP contribution in [0.5, 0.6) is 0 Å². The Kier molecular flexibility index (Phi) is 74.3. The van der Waals surface area contributed by atoms with Crippen LogP contribution in [-0.4, -0.2) is 74.9 Å². The van der Waals surface area contributed by atoms with Crippen LogP contribution in [0, 0.1) is 0 Å². The summed E-state index contributed by atoms with van der Waals surface area (Å²) in [6, 6.07) is 0. The van der Waals surface area contributed by atoms with E-state index < -0.39 is 26.5 Å². The van der Waals surface area contributed by atoms with Gasteiger partial charge in [0.1, 0.15) is 19.8 Å². The molecule has 564 valence electrons. The highest BCUT2D eigenvalue weighted by molar-refractivity contribution is 7.47. The summed E-state index contributed by atoms with van der Waals surface area (Å²) in [4.78, 5) is 36.0. The molecule has 0 aromatic heterocycles. The van der Waals surface area contributed by atoms with Gasteiger partial charge < -0.3 is 18.9 Å². The first-order valence-electron chi connectivity index (χ1n) is 40.9. The number of nitrogens with zero attached hydrogens (tertiary/aromatic N) is 1. The van der Waals surface area contributed by atoms with Crippen molar-refractivity contribution in [3.63, 3.8) is 0 Å². The molecule has 98 heavy (non-hydrogen) atoms. The second-order valence-electron chi connectivity index (χ2n) is 28.4. The molecule has 9 nitrogen and oxygen atoms in total. The van der Waals surface area contributed by atoms with E-state index in [0.29, 0.717) is 17.4 Å². The van der Waals surface area contributed by atoms with Crippen LogP contribution in [0.4, 0.5) is 0 Å². The second kappa shape index (κ2) is 77.3. The molecule has 0 aromatic rings. The minimum atomic E-state index is -4.40. The Labute approximate surface area is 606 Å². The highest BCUT2D eigenvalue weighted by atomic mass is 31.2. The molecule has 0 saturated carbocycles. The topological polar surface area (TPSA) is 108 Å². The van der Waals surface area contributed by atoms with E-state index in [1.807, 2.05) is 21.1 Å². The zero-order valence-electron chi connectivity index (χ0n) is 64.5. The van der Waals surface area contributed by atoms with Gasteiger partial charge in [0.05, 0.1) is 27.7 Å². The van der Waals surface area contributed by atoms with Gasteiger partial charge in [-0.05, 0) is 116 Å². The number of ether oxygens (including phenoxy) is 2. The molecule has 0 fully saturated rings. The summed E-state index contributed by atoms with van der Waals surface area (Å²) in [5.41, 5.74) is 0. The molecule has 0 aromatic carbocycles. The van der Waals surface area contributed by atoms with Crippen molar-refractivity contribution in [2.45, 2.75) is 367 Å². The summed E-state index contributed by atoms with van der Waals surface area (Å²) in [5.74, 6) is -0.792. The SMILES string of the molecule is CC/C=C\C/C=C\C/C=C\C/C=C\C/C=C\C/C=C\C/C=C\C/C=C\C/C=C\CCCCCCCCCCCCCC(=O)OC(COC(=O)CCCCCCCCCCCCCCCCCCCCCCCCC/C=C\C/C=C\CCCCCCC)COP(=O)(O)OCC[N+](C)(C)C. The highest BCUT2D eigenvalue weighted by Crippen LogP contribution is 2.43. The van der Waals surface area contributed by atoms with Gasteiger partial charge in [0.15, 0.2) is 6.10 Å². The van der Waals surface area contributed by atoms with Gasteiger partial charge in [0, 0.05) is 12.8 Å². The van der Waals surface area contributed by atoms with Gasteiger partial charge in [-0.25, -0.2) is 4.57 Å². The lowest BCUT2D eigenvalue weighted by molar-refractivity contribution is -0.870. The van der Waals surface area contributed by atoms with E-state index in [1.165, 1.54) is 218 Å². The molecular formula is C88H155NO8P+. The number of hydrogen-bond acceptors (Lipinski definition) is 7. The van der Waals surface area contributed by atoms with Crippen molar-refractivity contribution in [2.24, 2.45) is 0 Å². The Morgan fingerprint density at radius 2 is 0.582 bits per heavy atom. The minimum Gasteiger partial charge on any atom is -0.462 e. The molecule has 1 N–H and O–H groups in total. The fraction of sp³-hybridized carbons (Fsp3) is 0.727. The average molecular weight is 1390 g/mol. The summed E-state index contributed by atoms with van der Waals surface area (Å²) in [5, 5.41) is 0. The maximum Gasteiger partial charge on any atom is 0.472 e. The Morgan fingerprint density at radius 1 is 0.327 bits per heavy atom. The van der Waals surface area contributed by atoms with Crippen molar-refractivity contribution >= 4 is 19.8 Å². The lowest BCUT2D eigenvalue weighted by Gasteiger charge is -2.24. The number of carbonyl (C=O) groups is 2. The van der Waals surface area contributed by atoms with Crippen molar-refractivity contribution in [2.75, 3.05) is 47.5 Å². The highest BCUT2D eigenvalue weighted by Gasteiger charge is 2.27. The smallest absolute Gasteiger partial charge is 0.462 e. The molecule has 0 aliphatic heterocycles. The number of allylic oxidation sites excluding steroid dienone is 22. The minimum absolute atomic E-state index is 0.0276.